The van der Waals surface area contributed by atoms with Gasteiger partial charge in [0.15, 0.2) is 11.5 Å². The Kier molecular flexibility index (Phi) is 7.39. The Morgan fingerprint density at radius 3 is 2.19 bits per heavy atom. The normalized spacial score (nSPS) is 14.1. The monoisotopic (exact) mass is 502 g/mol. The minimum absolute atomic E-state index is 0.0521. The zero-order valence-electron chi connectivity index (χ0n) is 20.9. The number of rotatable bonds is 8. The molecule has 1 unspecified atom stereocenters. The van der Waals surface area contributed by atoms with Gasteiger partial charge in [0.05, 0.1) is 39.4 Å². The Bertz CT molecular complexity index is 1370. The van der Waals surface area contributed by atoms with E-state index in [1.54, 1.807) is 54.6 Å². The summed E-state index contributed by atoms with van der Waals surface area (Å²) in [5, 5.41) is 9.89. The van der Waals surface area contributed by atoms with E-state index < -0.39 is 11.9 Å². The summed E-state index contributed by atoms with van der Waals surface area (Å²) in [6, 6.07) is 17.2. The van der Waals surface area contributed by atoms with Gasteiger partial charge in [-0.25, -0.2) is 4.79 Å². The first kappa shape index (κ1) is 25.3. The third-order valence-electron chi connectivity index (χ3n) is 5.82. The van der Waals surface area contributed by atoms with Crippen molar-refractivity contribution in [2.45, 2.75) is 12.8 Å². The van der Waals surface area contributed by atoms with Crippen molar-refractivity contribution >= 4 is 5.97 Å². The predicted molar refractivity (Wildman–Crippen MR) is 134 cm³/mol. The molecular formula is C28H26N2O7. The molecule has 0 aliphatic carbocycles. The summed E-state index contributed by atoms with van der Waals surface area (Å²) in [5.41, 5.74) is 8.06. The van der Waals surface area contributed by atoms with Crippen molar-refractivity contribution in [1.82, 2.24) is 0 Å². The summed E-state index contributed by atoms with van der Waals surface area (Å²) in [6.45, 7) is 2.41. The van der Waals surface area contributed by atoms with Crippen LogP contribution in [0.4, 0.5) is 0 Å². The van der Waals surface area contributed by atoms with Crippen LogP contribution in [0.1, 0.15) is 34.3 Å². The lowest BCUT2D eigenvalue weighted by Gasteiger charge is -2.27. The summed E-state index contributed by atoms with van der Waals surface area (Å²) >= 11 is 0. The van der Waals surface area contributed by atoms with E-state index in [0.29, 0.717) is 52.0 Å². The minimum Gasteiger partial charge on any atom is -0.494 e. The van der Waals surface area contributed by atoms with E-state index >= 15 is 0 Å². The minimum atomic E-state index is -0.585. The average molecular weight is 503 g/mol. The van der Waals surface area contributed by atoms with Crippen LogP contribution in [0.2, 0.25) is 0 Å². The number of allylic oxidation sites excluding steroid dienone is 1. The maximum Gasteiger partial charge on any atom is 0.343 e. The van der Waals surface area contributed by atoms with Crippen LogP contribution in [-0.4, -0.2) is 33.9 Å². The summed E-state index contributed by atoms with van der Waals surface area (Å²) in [6.07, 6.45) is 0. The van der Waals surface area contributed by atoms with Crippen LogP contribution in [0.5, 0.6) is 34.5 Å². The number of carbonyl (C=O) groups excluding carboxylic acids is 1. The van der Waals surface area contributed by atoms with Crippen molar-refractivity contribution < 1.29 is 33.2 Å². The molecule has 4 rings (SSSR count). The van der Waals surface area contributed by atoms with Gasteiger partial charge in [0.2, 0.25) is 11.6 Å². The number of hydrogen-bond donors (Lipinski definition) is 1. The summed E-state index contributed by atoms with van der Waals surface area (Å²) in [7, 11) is 4.54. The van der Waals surface area contributed by atoms with Crippen molar-refractivity contribution in [2.24, 2.45) is 5.73 Å². The smallest absolute Gasteiger partial charge is 0.343 e. The van der Waals surface area contributed by atoms with Crippen molar-refractivity contribution in [3.63, 3.8) is 0 Å². The van der Waals surface area contributed by atoms with Crippen LogP contribution < -0.4 is 34.2 Å². The lowest BCUT2D eigenvalue weighted by Crippen LogP contribution is -2.21. The van der Waals surface area contributed by atoms with E-state index in [1.807, 2.05) is 6.92 Å². The lowest BCUT2D eigenvalue weighted by atomic mass is 9.83. The number of ether oxygens (including phenoxy) is 6. The van der Waals surface area contributed by atoms with Gasteiger partial charge < -0.3 is 34.2 Å². The molecule has 0 amide bonds. The number of nitrogens with two attached hydrogens (primary N) is 1. The number of benzene rings is 3. The number of carbonyl (C=O) groups is 1. The Morgan fingerprint density at radius 1 is 0.973 bits per heavy atom. The molecule has 9 heteroatoms. The largest absolute Gasteiger partial charge is 0.494 e. The number of esters is 1. The molecule has 1 atom stereocenters. The number of methoxy groups -OCH3 is 3. The standard InChI is InChI=1S/C28H26N2O7/c1-5-35-18-8-6-16(7-9-18)28(31)36-19-10-11-20-22(14-19)37-27(30)21(15-29)25(20)17-12-23(32-2)26(34-4)24(13-17)33-3/h6-14,25H,5,30H2,1-4H3. The van der Waals surface area contributed by atoms with Gasteiger partial charge in [0, 0.05) is 11.6 Å². The highest BCUT2D eigenvalue weighted by Crippen LogP contribution is 2.47. The van der Waals surface area contributed by atoms with E-state index in [0.717, 1.165) is 0 Å². The van der Waals surface area contributed by atoms with Gasteiger partial charge in [-0.15, -0.1) is 0 Å². The van der Waals surface area contributed by atoms with Crippen molar-refractivity contribution in [3.8, 4) is 40.6 Å². The molecule has 1 aliphatic rings. The second-order valence-electron chi connectivity index (χ2n) is 7.93. The number of fused-ring (bicyclic) bond motifs is 1. The Morgan fingerprint density at radius 2 is 1.62 bits per heavy atom. The number of hydrogen-bond acceptors (Lipinski definition) is 9. The van der Waals surface area contributed by atoms with Crippen LogP contribution in [0.15, 0.2) is 66.1 Å². The van der Waals surface area contributed by atoms with Gasteiger partial charge in [-0.3, -0.25) is 0 Å². The van der Waals surface area contributed by atoms with Crippen LogP contribution in [-0.2, 0) is 0 Å². The van der Waals surface area contributed by atoms with Gasteiger partial charge in [0.1, 0.15) is 28.9 Å². The molecule has 1 aliphatic heterocycles. The molecule has 0 spiro atoms. The molecule has 0 fully saturated rings. The molecule has 190 valence electrons. The van der Waals surface area contributed by atoms with Crippen molar-refractivity contribution in [1.29, 1.82) is 5.26 Å². The Balaban J connectivity index is 1.70. The van der Waals surface area contributed by atoms with E-state index in [-0.39, 0.29) is 17.2 Å². The van der Waals surface area contributed by atoms with E-state index in [4.69, 9.17) is 34.2 Å². The van der Waals surface area contributed by atoms with E-state index in [9.17, 15) is 10.1 Å². The van der Waals surface area contributed by atoms with Gasteiger partial charge in [-0.05, 0) is 55.0 Å². The van der Waals surface area contributed by atoms with E-state index in [1.165, 1.54) is 21.3 Å². The van der Waals surface area contributed by atoms with Gasteiger partial charge in [-0.2, -0.15) is 5.26 Å². The topological polar surface area (TPSA) is 122 Å². The summed E-state index contributed by atoms with van der Waals surface area (Å²) in [5.74, 6) is 1.39. The highest BCUT2D eigenvalue weighted by Gasteiger charge is 2.32. The van der Waals surface area contributed by atoms with Crippen LogP contribution >= 0.6 is 0 Å². The fraction of sp³-hybridized carbons (Fsp3) is 0.214. The number of nitriles is 1. The maximum atomic E-state index is 12.7. The summed E-state index contributed by atoms with van der Waals surface area (Å²) in [4.78, 5) is 12.7. The quantitative estimate of drug-likeness (QED) is 0.349. The molecule has 9 nitrogen and oxygen atoms in total. The second-order valence-corrected chi connectivity index (χ2v) is 7.93. The second kappa shape index (κ2) is 10.8. The molecule has 0 radical (unpaired) electrons. The summed E-state index contributed by atoms with van der Waals surface area (Å²) < 4.78 is 33.1. The molecule has 0 saturated heterocycles. The molecule has 0 saturated carbocycles. The lowest BCUT2D eigenvalue weighted by molar-refractivity contribution is 0.0734. The van der Waals surface area contributed by atoms with E-state index in [2.05, 4.69) is 6.07 Å². The molecule has 3 aromatic rings. The zero-order valence-corrected chi connectivity index (χ0v) is 20.9. The van der Waals surface area contributed by atoms with Gasteiger partial charge in [0.25, 0.3) is 0 Å². The van der Waals surface area contributed by atoms with Crippen molar-refractivity contribution in [2.75, 3.05) is 27.9 Å². The molecule has 37 heavy (non-hydrogen) atoms. The molecule has 1 heterocycles. The maximum absolute atomic E-state index is 12.7. The SMILES string of the molecule is CCOc1ccc(C(=O)Oc2ccc3c(c2)OC(N)=C(C#N)C3c2cc(OC)c(OC)c(OC)c2)cc1. The average Bonchev–Trinajstić information content (AvgIpc) is 2.91. The third kappa shape index (κ3) is 4.95. The van der Waals surface area contributed by atoms with Gasteiger partial charge in [-0.1, -0.05) is 6.07 Å². The molecule has 3 aromatic carbocycles. The first-order valence-electron chi connectivity index (χ1n) is 11.4. The van der Waals surface area contributed by atoms with Crippen LogP contribution in [0.3, 0.4) is 0 Å². The molecular weight excluding hydrogens is 476 g/mol. The van der Waals surface area contributed by atoms with Crippen molar-refractivity contribution in [3.05, 3.63) is 82.7 Å². The van der Waals surface area contributed by atoms with Crippen LogP contribution in [0, 0.1) is 11.3 Å². The van der Waals surface area contributed by atoms with Gasteiger partial charge >= 0.3 is 5.97 Å². The first-order valence-corrected chi connectivity index (χ1v) is 11.4. The molecule has 2 N–H and O–H groups in total. The first-order chi connectivity index (χ1) is 17.9. The molecule has 0 aromatic heterocycles. The number of nitrogens with zero attached hydrogens (tertiary/aromatic N) is 1. The van der Waals surface area contributed by atoms with Crippen LogP contribution in [0.25, 0.3) is 0 Å². The Hall–Kier alpha value is -4.84. The zero-order chi connectivity index (χ0) is 26.5. The molecule has 0 bridgehead atoms. The Labute approximate surface area is 214 Å². The fourth-order valence-electron chi connectivity index (χ4n) is 4.13. The fourth-order valence-corrected chi connectivity index (χ4v) is 4.13. The third-order valence-corrected chi connectivity index (χ3v) is 5.82. The predicted octanol–water partition coefficient (Wildman–Crippen LogP) is 4.55. The highest BCUT2D eigenvalue weighted by molar-refractivity contribution is 5.91. The highest BCUT2D eigenvalue weighted by atomic mass is 16.5.